The number of benzene rings is 2. The number of hydrogen-bond acceptors (Lipinski definition) is 7. The summed E-state index contributed by atoms with van der Waals surface area (Å²) in [6.45, 7) is 5.72. The summed E-state index contributed by atoms with van der Waals surface area (Å²) in [6, 6.07) is 8.61. The highest BCUT2D eigenvalue weighted by atomic mass is 35.5. The van der Waals surface area contributed by atoms with E-state index in [0.29, 0.717) is 55.1 Å². The van der Waals surface area contributed by atoms with Gasteiger partial charge >= 0.3 is 6.61 Å². The summed E-state index contributed by atoms with van der Waals surface area (Å²) in [7, 11) is 3.61. The molecular formula is C31H35ClF3N5O3. The number of carbonyl (C=O) groups excluding carboxylic acids is 1. The maximum absolute atomic E-state index is 15.0. The van der Waals surface area contributed by atoms with Gasteiger partial charge in [0.25, 0.3) is 0 Å². The zero-order chi connectivity index (χ0) is 31.5. The number of halogens is 4. The summed E-state index contributed by atoms with van der Waals surface area (Å²) >= 11 is 6.50. The third-order valence-electron chi connectivity index (χ3n) is 7.16. The van der Waals surface area contributed by atoms with Gasteiger partial charge in [-0.25, -0.2) is 9.37 Å². The van der Waals surface area contributed by atoms with Gasteiger partial charge in [-0.3, -0.25) is 14.6 Å². The molecule has 0 atom stereocenters. The van der Waals surface area contributed by atoms with Gasteiger partial charge in [0, 0.05) is 81.1 Å². The molecule has 12 heteroatoms. The number of anilines is 2. The molecule has 230 valence electrons. The Kier molecular flexibility index (Phi) is 9.76. The molecule has 1 fully saturated rings. The molecule has 2 aromatic carbocycles. The molecule has 1 aliphatic heterocycles. The first-order valence-electron chi connectivity index (χ1n) is 13.6. The number of aromatic hydroxyl groups is 1. The second kappa shape index (κ2) is 13.1. The molecule has 1 saturated heterocycles. The smallest absolute Gasteiger partial charge is 0.388 e. The Balaban J connectivity index is 1.73. The van der Waals surface area contributed by atoms with Gasteiger partial charge in [0.2, 0.25) is 12.3 Å². The summed E-state index contributed by atoms with van der Waals surface area (Å²) in [5.74, 6) is -1.14. The molecule has 1 N–H and O–H groups in total. The summed E-state index contributed by atoms with van der Waals surface area (Å²) in [5, 5.41) is 11.5. The average molecular weight is 618 g/mol. The van der Waals surface area contributed by atoms with Crippen molar-refractivity contribution in [3.8, 4) is 33.9 Å². The molecule has 0 spiro atoms. The van der Waals surface area contributed by atoms with Crippen molar-refractivity contribution in [1.29, 1.82) is 0 Å². The van der Waals surface area contributed by atoms with Crippen LogP contribution < -0.4 is 14.5 Å². The summed E-state index contributed by atoms with van der Waals surface area (Å²) < 4.78 is 46.3. The topological polar surface area (TPSA) is 72.4 Å². The highest BCUT2D eigenvalue weighted by Crippen LogP contribution is 2.43. The van der Waals surface area contributed by atoms with E-state index in [-0.39, 0.29) is 33.3 Å². The summed E-state index contributed by atoms with van der Waals surface area (Å²) in [4.78, 5) is 23.0. The van der Waals surface area contributed by atoms with Gasteiger partial charge in [-0.2, -0.15) is 8.78 Å². The molecule has 1 aliphatic rings. The second-order valence-corrected chi connectivity index (χ2v) is 11.8. The van der Waals surface area contributed by atoms with Crippen LogP contribution in [-0.2, 0) is 4.79 Å². The van der Waals surface area contributed by atoms with E-state index >= 15 is 4.39 Å². The molecule has 43 heavy (non-hydrogen) atoms. The Labute approximate surface area is 254 Å². The number of ether oxygens (including phenoxy) is 1. The van der Waals surface area contributed by atoms with Crippen LogP contribution in [0.1, 0.15) is 20.8 Å². The van der Waals surface area contributed by atoms with E-state index in [9.17, 15) is 18.7 Å². The predicted octanol–water partition coefficient (Wildman–Crippen LogP) is 6.43. The highest BCUT2D eigenvalue weighted by Gasteiger charge is 2.28. The fraction of sp³-hybridized carbons (Fsp3) is 0.355. The van der Waals surface area contributed by atoms with E-state index in [1.807, 2.05) is 4.90 Å². The molecule has 0 saturated carbocycles. The molecule has 0 unspecified atom stereocenters. The van der Waals surface area contributed by atoms with E-state index in [0.717, 1.165) is 6.07 Å². The van der Waals surface area contributed by atoms with Gasteiger partial charge in [-0.15, -0.1) is 0 Å². The number of alkyl halides is 2. The van der Waals surface area contributed by atoms with E-state index in [2.05, 4.69) is 30.7 Å². The number of phenols is 1. The number of amides is 1. The van der Waals surface area contributed by atoms with Gasteiger partial charge in [-0.1, -0.05) is 17.7 Å². The van der Waals surface area contributed by atoms with Gasteiger partial charge in [0.05, 0.1) is 10.7 Å². The van der Waals surface area contributed by atoms with Crippen molar-refractivity contribution in [3.05, 3.63) is 65.8 Å². The maximum atomic E-state index is 15.0. The number of pyridine rings is 1. The SMILES string of the molecule is CN(C)/C=C\N(C=O)c1ccc(-c2cc(F)cc(-c3cnc(OC(F)F)c(N4CCN(C(C)(C)C)CC4)c3)c2O)cc1Cl. The van der Waals surface area contributed by atoms with Crippen LogP contribution in [0.4, 0.5) is 24.5 Å². The molecule has 0 aliphatic carbocycles. The van der Waals surface area contributed by atoms with Crippen LogP contribution in [0.2, 0.25) is 5.02 Å². The van der Waals surface area contributed by atoms with E-state index in [1.165, 1.54) is 23.2 Å². The van der Waals surface area contributed by atoms with Crippen molar-refractivity contribution in [3.63, 3.8) is 0 Å². The van der Waals surface area contributed by atoms with E-state index < -0.39 is 12.4 Å². The fourth-order valence-corrected chi connectivity index (χ4v) is 5.19. The molecule has 3 aromatic rings. The molecule has 2 heterocycles. The van der Waals surface area contributed by atoms with Crippen molar-refractivity contribution < 1.29 is 27.8 Å². The van der Waals surface area contributed by atoms with Crippen LogP contribution in [0, 0.1) is 5.82 Å². The molecule has 8 nitrogen and oxygen atoms in total. The number of piperazine rings is 1. The second-order valence-electron chi connectivity index (χ2n) is 11.4. The van der Waals surface area contributed by atoms with Crippen LogP contribution in [0.3, 0.4) is 0 Å². The number of phenolic OH excluding ortho intramolecular Hbond substituents is 1. The lowest BCUT2D eigenvalue weighted by Crippen LogP contribution is -2.53. The van der Waals surface area contributed by atoms with Crippen molar-refractivity contribution >= 4 is 29.4 Å². The van der Waals surface area contributed by atoms with Gasteiger partial charge in [-0.05, 0) is 56.7 Å². The van der Waals surface area contributed by atoms with E-state index in [4.69, 9.17) is 16.3 Å². The molecule has 0 bridgehead atoms. The lowest BCUT2D eigenvalue weighted by atomic mass is 9.97. The van der Waals surface area contributed by atoms with Crippen LogP contribution in [0.5, 0.6) is 11.6 Å². The van der Waals surface area contributed by atoms with Crippen molar-refractivity contribution in [1.82, 2.24) is 14.8 Å². The minimum Gasteiger partial charge on any atom is -0.507 e. The summed E-state index contributed by atoms with van der Waals surface area (Å²) in [6.07, 6.45) is 5.09. The normalized spacial score (nSPS) is 14.4. The Morgan fingerprint density at radius 3 is 2.23 bits per heavy atom. The van der Waals surface area contributed by atoms with Crippen molar-refractivity contribution in [2.75, 3.05) is 50.1 Å². The first-order valence-corrected chi connectivity index (χ1v) is 14.0. The number of aromatic nitrogens is 1. The molecule has 4 rings (SSSR count). The summed E-state index contributed by atoms with van der Waals surface area (Å²) in [5.41, 5.74) is 1.65. The third-order valence-corrected chi connectivity index (χ3v) is 7.47. The third kappa shape index (κ3) is 7.52. The molecular weight excluding hydrogens is 583 g/mol. The lowest BCUT2D eigenvalue weighted by Gasteiger charge is -2.43. The number of rotatable bonds is 9. The van der Waals surface area contributed by atoms with Gasteiger partial charge in [0.1, 0.15) is 17.3 Å². The van der Waals surface area contributed by atoms with Crippen molar-refractivity contribution in [2.45, 2.75) is 32.9 Å². The quantitative estimate of drug-likeness (QED) is 0.277. The zero-order valence-electron chi connectivity index (χ0n) is 24.7. The fourth-order valence-electron chi connectivity index (χ4n) is 4.91. The van der Waals surface area contributed by atoms with E-state index in [1.54, 1.807) is 49.6 Å². The Morgan fingerprint density at radius 2 is 1.67 bits per heavy atom. The standard InChI is InChI=1S/C31H35ClF3N5O3/c1-31(2,3)40-12-10-38(11-13-40)27-15-21(18-36-29(27)43-30(34)35)24-17-22(33)16-23(28(24)42)20-6-7-26(25(32)14-20)39(19-41)9-8-37(4)5/h6-9,14-19,30,42H,10-13H2,1-5H3/b9-8-. The van der Waals surface area contributed by atoms with Crippen LogP contribution in [-0.4, -0.2) is 78.7 Å². The zero-order valence-corrected chi connectivity index (χ0v) is 25.4. The first-order chi connectivity index (χ1) is 20.3. The predicted molar refractivity (Wildman–Crippen MR) is 163 cm³/mol. The number of hydrogen-bond donors (Lipinski definition) is 1. The van der Waals surface area contributed by atoms with Gasteiger partial charge < -0.3 is 19.6 Å². The van der Waals surface area contributed by atoms with Crippen molar-refractivity contribution in [2.24, 2.45) is 0 Å². The Morgan fingerprint density at radius 1 is 1.02 bits per heavy atom. The highest BCUT2D eigenvalue weighted by molar-refractivity contribution is 6.34. The first kappa shape index (κ1) is 32.0. The largest absolute Gasteiger partial charge is 0.507 e. The van der Waals surface area contributed by atoms with Crippen LogP contribution in [0.15, 0.2) is 55.0 Å². The lowest BCUT2D eigenvalue weighted by molar-refractivity contribution is -0.107. The maximum Gasteiger partial charge on any atom is 0.388 e. The molecule has 0 radical (unpaired) electrons. The average Bonchev–Trinajstić information content (AvgIpc) is 2.94. The molecule has 1 amide bonds. The number of carbonyl (C=O) groups is 1. The Hall–Kier alpha value is -3.96. The number of nitrogens with zero attached hydrogens (tertiary/aromatic N) is 5. The van der Waals surface area contributed by atoms with Crippen LogP contribution in [0.25, 0.3) is 22.3 Å². The van der Waals surface area contributed by atoms with Gasteiger partial charge in [0.15, 0.2) is 0 Å². The van der Waals surface area contributed by atoms with Crippen LogP contribution >= 0.6 is 11.6 Å². The minimum absolute atomic E-state index is 0.0478. The Bertz CT molecular complexity index is 1490. The molecule has 1 aromatic heterocycles. The monoisotopic (exact) mass is 617 g/mol. The minimum atomic E-state index is -3.08.